The van der Waals surface area contributed by atoms with Gasteiger partial charge < -0.3 is 42.8 Å². The van der Waals surface area contributed by atoms with E-state index < -0.39 is 5.97 Å². The van der Waals surface area contributed by atoms with E-state index in [1.54, 1.807) is 112 Å². The Bertz CT molecular complexity index is 4190. The van der Waals surface area contributed by atoms with E-state index in [1.807, 2.05) is 171 Å². The number of esters is 3. The van der Waals surface area contributed by atoms with Crippen LogP contribution in [0.1, 0.15) is 107 Å². The highest BCUT2D eigenvalue weighted by atomic mass is 79.9. The van der Waals surface area contributed by atoms with Crippen LogP contribution in [0.2, 0.25) is 0 Å². The minimum Gasteiger partial charge on any atom is -0.478 e. The van der Waals surface area contributed by atoms with Gasteiger partial charge in [0.1, 0.15) is 0 Å². The number of aromatic carboxylic acids is 1. The van der Waals surface area contributed by atoms with Crippen LogP contribution in [0.5, 0.6) is 0 Å². The molecule has 0 atom stereocenters. The largest absolute Gasteiger partial charge is 0.498 e. The first-order chi connectivity index (χ1) is 49.9. The third-order valence-corrected chi connectivity index (χ3v) is 16.4. The van der Waals surface area contributed by atoms with Crippen molar-refractivity contribution in [2.45, 2.75) is 92.6 Å². The predicted molar refractivity (Wildman–Crippen MR) is 405 cm³/mol. The van der Waals surface area contributed by atoms with E-state index in [-0.39, 0.29) is 41.8 Å². The Balaban J connectivity index is 0.000000178. The third-order valence-electron chi connectivity index (χ3n) is 15.6. The van der Waals surface area contributed by atoms with Gasteiger partial charge >= 0.3 is 31.0 Å². The van der Waals surface area contributed by atoms with E-state index in [1.165, 1.54) is 5.56 Å². The Morgan fingerprint density at radius 3 is 1.17 bits per heavy atom. The number of benzene rings is 7. The van der Waals surface area contributed by atoms with Gasteiger partial charge in [0.05, 0.1) is 125 Å². The molecule has 24 heteroatoms. The lowest BCUT2D eigenvalue weighted by Crippen LogP contribution is -2.41. The maximum atomic E-state index is 11.7. The molecule has 21 nitrogen and oxygen atoms in total. The SMILES string of the molecule is BrCCOCc1ccccc1.CC1(C)OB(c2cn[nH]c2)OC1(C)C.CCOC(=O)c1ccc(-c2cn[nH]c2)cc1.CCOC(=O)c1ccc(-c2cnn(CCOCc3ccccc3)c2)cc1.CCOC(=O)c1ccc(Br)cc1.O=C(O)c1ccc(-c2cnn(CCOCc3ccccc3)c2)cc1. The van der Waals surface area contributed by atoms with Gasteiger partial charge in [-0.2, -0.15) is 20.4 Å². The highest BCUT2D eigenvalue weighted by molar-refractivity contribution is 9.10. The first kappa shape index (κ1) is 80.4. The minimum atomic E-state index is -0.923. The molecule has 0 bridgehead atoms. The average Bonchev–Trinajstić information content (AvgIpc) is 1.63. The molecular formula is C79H87BBr2N8O13. The zero-order valence-electron chi connectivity index (χ0n) is 58.9. The second-order valence-electron chi connectivity index (χ2n) is 23.6. The molecule has 103 heavy (non-hydrogen) atoms. The van der Waals surface area contributed by atoms with Crippen LogP contribution in [0, 0.1) is 0 Å². The molecule has 0 unspecified atom stereocenters. The molecule has 538 valence electrons. The van der Waals surface area contributed by atoms with E-state index in [0.29, 0.717) is 82.6 Å². The van der Waals surface area contributed by atoms with E-state index in [4.69, 9.17) is 42.8 Å². The standard InChI is InChI=1S/C21H22N2O3.C19H18N2O3.C12H12N2O2.C9H15BN2O2.C9H9BrO2.C9H11BrO/c1-2-26-21(24)19-10-8-18(9-11-19)20-14-22-23(15-20)12-13-25-16-17-6-4-3-5-7-17;22-19(23)17-8-6-16(7-9-17)18-12-20-21(13-18)10-11-24-14-15-4-2-1-3-5-15;1-2-16-12(15)10-5-3-9(4-6-10)11-7-13-14-8-11;1-8(2)9(3,4)14-10(13-8)7-5-11-12-6-7;1-2-12-9(11)7-3-5-8(10)6-4-7;10-6-7-11-8-9-4-2-1-3-5-9/h3-11,14-15H,2,12-13,16H2,1H3;1-9,12-13H,10-11,14H2,(H,22,23);3-8H,2H2,1H3,(H,13,14);5-6H,1-4H3,(H,11,12);3-6H,2H2,1H3;1-5H,6-8H2. The Morgan fingerprint density at radius 2 is 0.816 bits per heavy atom. The summed E-state index contributed by atoms with van der Waals surface area (Å²) in [5.74, 6) is -1.79. The fourth-order valence-electron chi connectivity index (χ4n) is 9.34. The second kappa shape index (κ2) is 43.1. The number of H-pyrrole nitrogens is 2. The number of rotatable bonds is 25. The van der Waals surface area contributed by atoms with E-state index in [9.17, 15) is 19.2 Å². The highest BCUT2D eigenvalue weighted by Crippen LogP contribution is 2.36. The molecule has 0 spiro atoms. The third kappa shape index (κ3) is 27.4. The van der Waals surface area contributed by atoms with Gasteiger partial charge in [0.2, 0.25) is 0 Å². The Kier molecular flexibility index (Phi) is 33.7. The molecule has 4 aromatic heterocycles. The van der Waals surface area contributed by atoms with E-state index in [0.717, 1.165) is 66.4 Å². The lowest BCUT2D eigenvalue weighted by Gasteiger charge is -2.32. The fraction of sp³-hybridized carbons (Fsp3) is 0.266. The molecule has 0 radical (unpaired) electrons. The summed E-state index contributed by atoms with van der Waals surface area (Å²) in [4.78, 5) is 45.1. The monoisotopic (exact) mass is 1520 g/mol. The van der Waals surface area contributed by atoms with Gasteiger partial charge in [-0.25, -0.2) is 19.2 Å². The van der Waals surface area contributed by atoms with Crippen molar-refractivity contribution in [1.82, 2.24) is 40.0 Å². The molecule has 5 heterocycles. The molecule has 0 saturated carbocycles. The van der Waals surface area contributed by atoms with Gasteiger partial charge in [-0.1, -0.05) is 159 Å². The van der Waals surface area contributed by atoms with Crippen molar-refractivity contribution < 1.29 is 62.0 Å². The molecular weight excluding hydrogens is 1440 g/mol. The normalized spacial score (nSPS) is 12.2. The average molecular weight is 1530 g/mol. The van der Waals surface area contributed by atoms with Crippen molar-refractivity contribution in [3.05, 3.63) is 281 Å². The maximum Gasteiger partial charge on any atom is 0.498 e. The molecule has 0 aliphatic carbocycles. The van der Waals surface area contributed by atoms with Gasteiger partial charge in [-0.05, 0) is 143 Å². The number of nitrogens with one attached hydrogen (secondary N) is 2. The van der Waals surface area contributed by atoms with Crippen LogP contribution >= 0.6 is 31.9 Å². The van der Waals surface area contributed by atoms with Crippen LogP contribution in [0.15, 0.2) is 242 Å². The molecule has 11 aromatic rings. The summed E-state index contributed by atoms with van der Waals surface area (Å²) < 4.78 is 47.7. The molecule has 0 amide bonds. The lowest BCUT2D eigenvalue weighted by molar-refractivity contribution is 0.00578. The quantitative estimate of drug-likeness (QED) is 0.0158. The Labute approximate surface area is 618 Å². The van der Waals surface area contributed by atoms with Crippen LogP contribution in [0.4, 0.5) is 0 Å². The Morgan fingerprint density at radius 1 is 0.456 bits per heavy atom. The van der Waals surface area contributed by atoms with Crippen LogP contribution < -0.4 is 5.46 Å². The second-order valence-corrected chi connectivity index (χ2v) is 25.3. The molecule has 1 aliphatic heterocycles. The molecule has 1 aliphatic rings. The molecule has 3 N–H and O–H groups in total. The summed E-state index contributed by atoms with van der Waals surface area (Å²) in [6.45, 7) is 19.9. The number of carbonyl (C=O) groups excluding carboxylic acids is 3. The summed E-state index contributed by atoms with van der Waals surface area (Å²) >= 11 is 6.58. The molecule has 12 rings (SSSR count). The number of aromatic amines is 2. The summed E-state index contributed by atoms with van der Waals surface area (Å²) in [5.41, 5.74) is 11.8. The number of nitrogens with zero attached hydrogens (tertiary/aromatic N) is 6. The first-order valence-corrected chi connectivity index (χ1v) is 35.4. The summed E-state index contributed by atoms with van der Waals surface area (Å²) in [5, 5.41) is 31.8. The number of hydrogen-bond donors (Lipinski definition) is 3. The van der Waals surface area contributed by atoms with Gasteiger partial charge in [-0.15, -0.1) is 0 Å². The molecule has 1 fully saturated rings. The molecule has 1 saturated heterocycles. The van der Waals surface area contributed by atoms with Gasteiger partial charge in [0.25, 0.3) is 0 Å². The van der Waals surface area contributed by atoms with E-state index >= 15 is 0 Å². The number of alkyl halides is 1. The van der Waals surface area contributed by atoms with Crippen molar-refractivity contribution >= 4 is 68.3 Å². The number of ether oxygens (including phenoxy) is 6. The zero-order valence-corrected chi connectivity index (χ0v) is 62.0. The number of carboxylic acids is 1. The highest BCUT2D eigenvalue weighted by Gasteiger charge is 2.52. The van der Waals surface area contributed by atoms with Crippen molar-refractivity contribution in [2.75, 3.05) is 45.0 Å². The zero-order chi connectivity index (χ0) is 73.7. The number of hydrogen-bond acceptors (Lipinski definition) is 16. The number of carbonyl (C=O) groups is 4. The van der Waals surface area contributed by atoms with Gasteiger partial charge in [0, 0.05) is 62.9 Å². The van der Waals surface area contributed by atoms with Crippen molar-refractivity contribution in [3.63, 3.8) is 0 Å². The van der Waals surface area contributed by atoms with E-state index in [2.05, 4.69) is 74.6 Å². The summed E-state index contributed by atoms with van der Waals surface area (Å²) in [6, 6.07) is 58.8. The predicted octanol–water partition coefficient (Wildman–Crippen LogP) is 15.6. The van der Waals surface area contributed by atoms with Crippen LogP contribution in [-0.4, -0.2) is 132 Å². The minimum absolute atomic E-state index is 0.273. The van der Waals surface area contributed by atoms with Crippen molar-refractivity contribution in [1.29, 1.82) is 0 Å². The summed E-state index contributed by atoms with van der Waals surface area (Å²) in [6.07, 6.45) is 14.6. The van der Waals surface area contributed by atoms with Crippen LogP contribution in [0.3, 0.4) is 0 Å². The lowest BCUT2D eigenvalue weighted by atomic mass is 9.82. The van der Waals surface area contributed by atoms with Crippen LogP contribution in [0.25, 0.3) is 33.4 Å². The number of aromatic nitrogens is 8. The smallest absolute Gasteiger partial charge is 0.478 e. The van der Waals surface area contributed by atoms with Gasteiger partial charge in [-0.3, -0.25) is 19.6 Å². The van der Waals surface area contributed by atoms with Crippen molar-refractivity contribution in [2.24, 2.45) is 0 Å². The number of halogens is 2. The van der Waals surface area contributed by atoms with Crippen molar-refractivity contribution in [3.8, 4) is 33.4 Å². The topological polar surface area (TPSA) is 255 Å². The maximum absolute atomic E-state index is 11.7. The van der Waals surface area contributed by atoms with Gasteiger partial charge in [0.15, 0.2) is 0 Å². The molecule has 7 aromatic carbocycles. The number of carboxylic acid groups (broad SMARTS) is 1. The fourth-order valence-corrected chi connectivity index (χ4v) is 9.84. The Hall–Kier alpha value is -9.92. The first-order valence-electron chi connectivity index (χ1n) is 33.5. The summed E-state index contributed by atoms with van der Waals surface area (Å²) in [7, 11) is -0.307. The van der Waals surface area contributed by atoms with Crippen LogP contribution in [-0.2, 0) is 70.6 Å².